The summed E-state index contributed by atoms with van der Waals surface area (Å²) in [6.07, 6.45) is 0.253. The highest BCUT2D eigenvalue weighted by Gasteiger charge is 2.02. The molecule has 1 aromatic rings. The number of hydrogen-bond donors (Lipinski definition) is 1. The van der Waals surface area contributed by atoms with Gasteiger partial charge in [-0.05, 0) is 24.6 Å². The third-order valence-corrected chi connectivity index (χ3v) is 1.79. The van der Waals surface area contributed by atoms with Crippen LogP contribution in [0.3, 0.4) is 0 Å². The summed E-state index contributed by atoms with van der Waals surface area (Å²) < 4.78 is 4.58. The summed E-state index contributed by atoms with van der Waals surface area (Å²) in [5.74, 6) is 0.228. The molecule has 0 heterocycles. The van der Waals surface area contributed by atoms with Gasteiger partial charge >= 0.3 is 5.97 Å². The molecule has 0 amide bonds. The third kappa shape index (κ3) is 3.81. The van der Waals surface area contributed by atoms with Crippen molar-refractivity contribution in [3.8, 4) is 0 Å². The molecular weight excluding hydrogens is 192 g/mol. The zero-order valence-corrected chi connectivity index (χ0v) is 8.86. The van der Waals surface area contributed by atoms with E-state index in [1.807, 2.05) is 24.3 Å². The Morgan fingerprint density at radius 3 is 2.87 bits per heavy atom. The van der Waals surface area contributed by atoms with Crippen molar-refractivity contribution in [2.75, 3.05) is 7.11 Å². The molecule has 4 heteroatoms. The van der Waals surface area contributed by atoms with Crippen molar-refractivity contribution in [2.24, 2.45) is 10.7 Å². The van der Waals surface area contributed by atoms with Crippen molar-refractivity contribution in [3.63, 3.8) is 0 Å². The molecule has 0 aliphatic carbocycles. The number of carbonyl (C=O) groups is 1. The maximum absolute atomic E-state index is 11.0. The standard InChI is InChI=1S/C11H14N2O2/c1-8(12)13-10-5-3-4-9(6-10)7-11(14)15-2/h3-6H,7H2,1-2H3,(H2,12,13). The number of methoxy groups -OCH3 is 1. The Hall–Kier alpha value is -1.84. The molecule has 4 nitrogen and oxygen atoms in total. The first-order valence-electron chi connectivity index (χ1n) is 4.58. The van der Waals surface area contributed by atoms with E-state index in [-0.39, 0.29) is 12.4 Å². The summed E-state index contributed by atoms with van der Waals surface area (Å²) in [4.78, 5) is 15.1. The van der Waals surface area contributed by atoms with Crippen LogP contribution in [0, 0.1) is 0 Å². The lowest BCUT2D eigenvalue weighted by molar-refractivity contribution is -0.139. The van der Waals surface area contributed by atoms with Crippen LogP contribution in [0.5, 0.6) is 0 Å². The van der Waals surface area contributed by atoms with Crippen LogP contribution in [0.1, 0.15) is 12.5 Å². The topological polar surface area (TPSA) is 64.7 Å². The fraction of sp³-hybridized carbons (Fsp3) is 0.273. The normalized spacial score (nSPS) is 11.2. The van der Waals surface area contributed by atoms with Crippen LogP contribution < -0.4 is 5.73 Å². The molecule has 15 heavy (non-hydrogen) atoms. The van der Waals surface area contributed by atoms with E-state index in [9.17, 15) is 4.79 Å². The smallest absolute Gasteiger partial charge is 0.309 e. The van der Waals surface area contributed by atoms with Crippen molar-refractivity contribution >= 4 is 17.5 Å². The molecule has 0 fully saturated rings. The highest BCUT2D eigenvalue weighted by molar-refractivity contribution is 5.80. The maximum atomic E-state index is 11.0. The van der Waals surface area contributed by atoms with Gasteiger partial charge in [0.2, 0.25) is 0 Å². The Morgan fingerprint density at radius 2 is 2.27 bits per heavy atom. The largest absolute Gasteiger partial charge is 0.469 e. The van der Waals surface area contributed by atoms with Gasteiger partial charge in [-0.3, -0.25) is 4.79 Å². The lowest BCUT2D eigenvalue weighted by Crippen LogP contribution is -2.05. The van der Waals surface area contributed by atoms with E-state index >= 15 is 0 Å². The van der Waals surface area contributed by atoms with Crippen LogP contribution >= 0.6 is 0 Å². The number of carbonyl (C=O) groups excluding carboxylic acids is 1. The zero-order chi connectivity index (χ0) is 11.3. The average molecular weight is 206 g/mol. The highest BCUT2D eigenvalue weighted by Crippen LogP contribution is 2.14. The molecule has 0 aliphatic heterocycles. The van der Waals surface area contributed by atoms with Crippen LogP contribution in [0.4, 0.5) is 5.69 Å². The quantitative estimate of drug-likeness (QED) is 0.462. The average Bonchev–Trinajstić information content (AvgIpc) is 2.17. The molecule has 0 spiro atoms. The van der Waals surface area contributed by atoms with E-state index in [1.54, 1.807) is 6.92 Å². The number of rotatable bonds is 3. The molecule has 0 radical (unpaired) electrons. The van der Waals surface area contributed by atoms with Gasteiger partial charge in [-0.2, -0.15) is 0 Å². The number of benzene rings is 1. The van der Waals surface area contributed by atoms with Gasteiger partial charge in [0.15, 0.2) is 0 Å². The molecule has 2 N–H and O–H groups in total. The number of amidine groups is 1. The molecule has 1 rings (SSSR count). The first kappa shape index (κ1) is 11.2. The Morgan fingerprint density at radius 1 is 1.53 bits per heavy atom. The first-order valence-corrected chi connectivity index (χ1v) is 4.58. The van der Waals surface area contributed by atoms with Crippen molar-refractivity contribution < 1.29 is 9.53 Å². The fourth-order valence-electron chi connectivity index (χ4n) is 1.18. The lowest BCUT2D eigenvalue weighted by atomic mass is 10.1. The number of aliphatic imine (C=N–C) groups is 1. The minimum atomic E-state index is -0.263. The minimum Gasteiger partial charge on any atom is -0.469 e. The molecule has 0 saturated carbocycles. The number of esters is 1. The second-order valence-electron chi connectivity index (χ2n) is 3.18. The SMILES string of the molecule is COC(=O)Cc1cccc(N=C(C)N)c1. The number of hydrogen-bond acceptors (Lipinski definition) is 3. The van der Waals surface area contributed by atoms with Gasteiger partial charge in [0.1, 0.15) is 0 Å². The van der Waals surface area contributed by atoms with Crippen LogP contribution in [0.25, 0.3) is 0 Å². The predicted molar refractivity (Wildman–Crippen MR) is 59.1 cm³/mol. The molecule has 0 unspecified atom stereocenters. The molecule has 0 aliphatic rings. The first-order chi connectivity index (χ1) is 7.11. The highest BCUT2D eigenvalue weighted by atomic mass is 16.5. The predicted octanol–water partition coefficient (Wildman–Crippen LogP) is 1.41. The Balaban J connectivity index is 2.83. The molecule has 0 saturated heterocycles. The van der Waals surface area contributed by atoms with Crippen molar-refractivity contribution in [3.05, 3.63) is 29.8 Å². The fourth-order valence-corrected chi connectivity index (χ4v) is 1.18. The number of ether oxygens (including phenoxy) is 1. The summed E-state index contributed by atoms with van der Waals surface area (Å²) in [5, 5.41) is 0. The molecule has 0 atom stereocenters. The summed E-state index contributed by atoms with van der Waals surface area (Å²) in [6.45, 7) is 1.72. The second kappa shape index (κ2) is 5.14. The maximum Gasteiger partial charge on any atom is 0.309 e. The van der Waals surface area contributed by atoms with Crippen LogP contribution in [-0.2, 0) is 16.0 Å². The van der Waals surface area contributed by atoms with Gasteiger partial charge in [-0.1, -0.05) is 12.1 Å². The van der Waals surface area contributed by atoms with Crippen molar-refractivity contribution in [1.29, 1.82) is 0 Å². The lowest BCUT2D eigenvalue weighted by Gasteiger charge is -2.01. The summed E-state index contributed by atoms with van der Waals surface area (Å²) >= 11 is 0. The monoisotopic (exact) mass is 206 g/mol. The van der Waals surface area contributed by atoms with E-state index < -0.39 is 0 Å². The summed E-state index contributed by atoms with van der Waals surface area (Å²) in [6, 6.07) is 7.33. The van der Waals surface area contributed by atoms with E-state index in [2.05, 4.69) is 9.73 Å². The Kier molecular flexibility index (Phi) is 3.85. The van der Waals surface area contributed by atoms with E-state index in [4.69, 9.17) is 5.73 Å². The summed E-state index contributed by atoms with van der Waals surface area (Å²) in [5.41, 5.74) is 7.07. The van der Waals surface area contributed by atoms with E-state index in [0.29, 0.717) is 5.84 Å². The molecule has 0 aromatic heterocycles. The second-order valence-corrected chi connectivity index (χ2v) is 3.18. The van der Waals surface area contributed by atoms with Crippen LogP contribution in [0.2, 0.25) is 0 Å². The Labute approximate surface area is 88.8 Å². The van der Waals surface area contributed by atoms with Crippen LogP contribution in [-0.4, -0.2) is 18.9 Å². The molecule has 0 bridgehead atoms. The molecule has 1 aromatic carbocycles. The summed E-state index contributed by atoms with van der Waals surface area (Å²) in [7, 11) is 1.37. The van der Waals surface area contributed by atoms with Crippen LogP contribution in [0.15, 0.2) is 29.3 Å². The van der Waals surface area contributed by atoms with Crippen molar-refractivity contribution in [2.45, 2.75) is 13.3 Å². The minimum absolute atomic E-state index is 0.253. The van der Waals surface area contributed by atoms with Gasteiger partial charge < -0.3 is 10.5 Å². The zero-order valence-electron chi connectivity index (χ0n) is 8.86. The Bertz CT molecular complexity index is 382. The van der Waals surface area contributed by atoms with Gasteiger partial charge in [0.05, 0.1) is 25.1 Å². The number of nitrogens with zero attached hydrogens (tertiary/aromatic N) is 1. The number of nitrogens with two attached hydrogens (primary N) is 1. The molecular formula is C11H14N2O2. The third-order valence-electron chi connectivity index (χ3n) is 1.79. The van der Waals surface area contributed by atoms with Gasteiger partial charge in [0.25, 0.3) is 0 Å². The van der Waals surface area contributed by atoms with Gasteiger partial charge in [0, 0.05) is 0 Å². The van der Waals surface area contributed by atoms with Gasteiger partial charge in [-0.15, -0.1) is 0 Å². The van der Waals surface area contributed by atoms with Crippen molar-refractivity contribution in [1.82, 2.24) is 0 Å². The van der Waals surface area contributed by atoms with E-state index in [0.717, 1.165) is 11.3 Å². The van der Waals surface area contributed by atoms with Gasteiger partial charge in [-0.25, -0.2) is 4.99 Å². The van der Waals surface area contributed by atoms with E-state index in [1.165, 1.54) is 7.11 Å². The molecule has 80 valence electrons.